The summed E-state index contributed by atoms with van der Waals surface area (Å²) >= 11 is 1.33. The molecular formula is C18H22ClF2N3O2S. The van der Waals surface area contributed by atoms with Crippen molar-refractivity contribution in [2.75, 3.05) is 32.1 Å². The van der Waals surface area contributed by atoms with Gasteiger partial charge in [-0.25, -0.2) is 13.8 Å². The number of thiazole rings is 1. The van der Waals surface area contributed by atoms with E-state index >= 15 is 0 Å². The zero-order valence-corrected chi connectivity index (χ0v) is 16.5. The Balaban J connectivity index is 0.00000261. The van der Waals surface area contributed by atoms with Crippen LogP contribution in [0.15, 0.2) is 24.4 Å². The van der Waals surface area contributed by atoms with Crippen LogP contribution in [-0.4, -0.2) is 37.7 Å². The highest BCUT2D eigenvalue weighted by Crippen LogP contribution is 2.32. The molecule has 1 aliphatic rings. The van der Waals surface area contributed by atoms with Gasteiger partial charge in [-0.2, -0.15) is 0 Å². The van der Waals surface area contributed by atoms with Crippen LogP contribution in [0.25, 0.3) is 0 Å². The molecule has 0 atom stereocenters. The van der Waals surface area contributed by atoms with E-state index in [1.54, 1.807) is 19.4 Å². The molecule has 1 fully saturated rings. The van der Waals surface area contributed by atoms with E-state index in [4.69, 9.17) is 4.74 Å². The van der Waals surface area contributed by atoms with Crippen LogP contribution in [-0.2, 0) is 16.0 Å². The minimum atomic E-state index is -0.868. The third-order valence-corrected chi connectivity index (χ3v) is 5.51. The van der Waals surface area contributed by atoms with Crippen molar-refractivity contribution >= 4 is 34.8 Å². The molecule has 0 radical (unpaired) electrons. The Kier molecular flexibility index (Phi) is 7.67. The molecule has 9 heteroatoms. The van der Waals surface area contributed by atoms with Crippen LogP contribution in [0.3, 0.4) is 0 Å². The maximum absolute atomic E-state index is 13.3. The lowest BCUT2D eigenvalue weighted by Crippen LogP contribution is -2.47. The number of aromatic nitrogens is 1. The molecule has 2 aromatic rings. The van der Waals surface area contributed by atoms with Crippen molar-refractivity contribution in [2.45, 2.75) is 19.3 Å². The monoisotopic (exact) mass is 417 g/mol. The number of carbonyl (C=O) groups is 1. The van der Waals surface area contributed by atoms with Gasteiger partial charge in [0.1, 0.15) is 0 Å². The predicted molar refractivity (Wildman–Crippen MR) is 104 cm³/mol. The molecule has 1 aliphatic heterocycles. The number of rotatable bonds is 6. The largest absolute Gasteiger partial charge is 0.384 e. The minimum absolute atomic E-state index is 0. The van der Waals surface area contributed by atoms with Gasteiger partial charge in [0, 0.05) is 24.6 Å². The number of carbonyl (C=O) groups excluding carboxylic acids is 1. The van der Waals surface area contributed by atoms with Crippen LogP contribution >= 0.6 is 23.7 Å². The highest BCUT2D eigenvalue weighted by molar-refractivity contribution is 7.15. The number of benzene rings is 1. The molecule has 1 amide bonds. The molecule has 27 heavy (non-hydrogen) atoms. The molecule has 0 unspecified atom stereocenters. The van der Waals surface area contributed by atoms with Gasteiger partial charge in [-0.05, 0) is 43.6 Å². The van der Waals surface area contributed by atoms with Gasteiger partial charge < -0.3 is 15.4 Å². The van der Waals surface area contributed by atoms with Gasteiger partial charge in [0.15, 0.2) is 16.8 Å². The SMILES string of the molecule is COCC1(C(=O)Nc2ncc(Cc3ccc(F)c(F)c3)s2)CCNCC1.Cl. The Labute approximate surface area is 166 Å². The average molecular weight is 418 g/mol. The second kappa shape index (κ2) is 9.54. The maximum atomic E-state index is 13.3. The number of hydrogen-bond donors (Lipinski definition) is 2. The fourth-order valence-corrected chi connectivity index (χ4v) is 3.99. The van der Waals surface area contributed by atoms with E-state index in [9.17, 15) is 13.6 Å². The number of amides is 1. The molecule has 1 saturated heterocycles. The van der Waals surface area contributed by atoms with E-state index < -0.39 is 17.0 Å². The van der Waals surface area contributed by atoms with Crippen LogP contribution in [0.1, 0.15) is 23.3 Å². The molecule has 1 aromatic carbocycles. The van der Waals surface area contributed by atoms with Gasteiger partial charge in [-0.3, -0.25) is 4.79 Å². The molecule has 2 N–H and O–H groups in total. The van der Waals surface area contributed by atoms with Crippen LogP contribution in [0.2, 0.25) is 0 Å². The first-order chi connectivity index (χ1) is 12.5. The van der Waals surface area contributed by atoms with E-state index in [0.29, 0.717) is 36.6 Å². The van der Waals surface area contributed by atoms with Crippen molar-refractivity contribution in [1.82, 2.24) is 10.3 Å². The first-order valence-corrected chi connectivity index (χ1v) is 9.24. The summed E-state index contributed by atoms with van der Waals surface area (Å²) < 4.78 is 31.6. The van der Waals surface area contributed by atoms with Gasteiger partial charge in [-0.15, -0.1) is 23.7 Å². The van der Waals surface area contributed by atoms with Crippen LogP contribution in [0.4, 0.5) is 13.9 Å². The van der Waals surface area contributed by atoms with Crippen molar-refractivity contribution in [3.05, 3.63) is 46.5 Å². The zero-order valence-electron chi connectivity index (χ0n) is 14.9. The Hall–Kier alpha value is -1.61. The van der Waals surface area contributed by atoms with Gasteiger partial charge >= 0.3 is 0 Å². The number of anilines is 1. The highest BCUT2D eigenvalue weighted by atomic mass is 35.5. The topological polar surface area (TPSA) is 63.2 Å². The molecule has 0 saturated carbocycles. The first kappa shape index (κ1) is 21.7. The summed E-state index contributed by atoms with van der Waals surface area (Å²) in [6.45, 7) is 1.92. The Morgan fingerprint density at radius 1 is 1.33 bits per heavy atom. The van der Waals surface area contributed by atoms with Crippen molar-refractivity contribution < 1.29 is 18.3 Å². The number of nitrogens with one attached hydrogen (secondary N) is 2. The van der Waals surface area contributed by atoms with E-state index in [-0.39, 0.29) is 18.3 Å². The van der Waals surface area contributed by atoms with E-state index in [1.807, 2.05) is 0 Å². The molecule has 5 nitrogen and oxygen atoms in total. The van der Waals surface area contributed by atoms with Gasteiger partial charge in [0.25, 0.3) is 0 Å². The summed E-state index contributed by atoms with van der Waals surface area (Å²) in [4.78, 5) is 17.9. The molecule has 1 aromatic heterocycles. The summed E-state index contributed by atoms with van der Waals surface area (Å²) in [5, 5.41) is 6.64. The van der Waals surface area contributed by atoms with Crippen LogP contribution < -0.4 is 10.6 Å². The van der Waals surface area contributed by atoms with Crippen molar-refractivity contribution in [3.8, 4) is 0 Å². The highest BCUT2D eigenvalue weighted by Gasteiger charge is 2.40. The van der Waals surface area contributed by atoms with Gasteiger partial charge in [0.05, 0.1) is 12.0 Å². The lowest BCUT2D eigenvalue weighted by molar-refractivity contribution is -0.130. The van der Waals surface area contributed by atoms with Crippen molar-refractivity contribution in [1.29, 1.82) is 0 Å². The quantitative estimate of drug-likeness (QED) is 0.756. The first-order valence-electron chi connectivity index (χ1n) is 8.42. The predicted octanol–water partition coefficient (Wildman–Crippen LogP) is 3.39. The second-order valence-corrected chi connectivity index (χ2v) is 7.59. The van der Waals surface area contributed by atoms with Gasteiger partial charge in [0.2, 0.25) is 5.91 Å². The lowest BCUT2D eigenvalue weighted by Gasteiger charge is -2.35. The Morgan fingerprint density at radius 3 is 2.74 bits per heavy atom. The summed E-state index contributed by atoms with van der Waals surface area (Å²) in [6, 6.07) is 3.83. The van der Waals surface area contributed by atoms with E-state index in [2.05, 4.69) is 15.6 Å². The number of piperidine rings is 1. The fraction of sp³-hybridized carbons (Fsp3) is 0.444. The Morgan fingerprint density at radius 2 is 2.07 bits per heavy atom. The number of methoxy groups -OCH3 is 1. The van der Waals surface area contributed by atoms with Gasteiger partial charge in [-0.1, -0.05) is 6.07 Å². The van der Waals surface area contributed by atoms with Crippen LogP contribution in [0, 0.1) is 17.0 Å². The third kappa shape index (κ3) is 5.22. The third-order valence-electron chi connectivity index (χ3n) is 4.60. The number of ether oxygens (including phenoxy) is 1. The van der Waals surface area contributed by atoms with E-state index in [0.717, 1.165) is 24.0 Å². The Bertz CT molecular complexity index is 776. The van der Waals surface area contributed by atoms with E-state index in [1.165, 1.54) is 17.4 Å². The fourth-order valence-electron chi connectivity index (χ4n) is 3.15. The lowest BCUT2D eigenvalue weighted by atomic mass is 9.79. The summed E-state index contributed by atoms with van der Waals surface area (Å²) in [5.74, 6) is -1.82. The standard InChI is InChI=1S/C18H21F2N3O2S.ClH/c1-25-11-18(4-6-21-7-5-18)16(24)23-17-22-10-13(26-17)8-12-2-3-14(19)15(20)9-12;/h2-3,9-10,21H,4-8,11H2,1H3,(H,22,23,24);1H. The molecule has 3 rings (SSSR count). The van der Waals surface area contributed by atoms with Crippen molar-refractivity contribution in [3.63, 3.8) is 0 Å². The van der Waals surface area contributed by atoms with Crippen LogP contribution in [0.5, 0.6) is 0 Å². The zero-order chi connectivity index (χ0) is 18.6. The number of nitrogens with zero attached hydrogens (tertiary/aromatic N) is 1. The number of hydrogen-bond acceptors (Lipinski definition) is 5. The second-order valence-electron chi connectivity index (χ2n) is 6.47. The summed E-state index contributed by atoms with van der Waals surface area (Å²) in [7, 11) is 1.60. The molecule has 2 heterocycles. The molecular weight excluding hydrogens is 396 g/mol. The minimum Gasteiger partial charge on any atom is -0.384 e. The molecule has 0 spiro atoms. The maximum Gasteiger partial charge on any atom is 0.234 e. The van der Waals surface area contributed by atoms with Crippen molar-refractivity contribution in [2.24, 2.45) is 5.41 Å². The summed E-state index contributed by atoms with van der Waals surface area (Å²) in [6.07, 6.45) is 3.49. The smallest absolute Gasteiger partial charge is 0.234 e. The number of halogens is 3. The summed E-state index contributed by atoms with van der Waals surface area (Å²) in [5.41, 5.74) is 0.103. The molecule has 0 bridgehead atoms. The normalized spacial score (nSPS) is 15.8. The average Bonchev–Trinajstić information content (AvgIpc) is 3.06. The molecule has 148 valence electrons. The molecule has 0 aliphatic carbocycles.